The third kappa shape index (κ3) is 2.93. The third-order valence-electron chi connectivity index (χ3n) is 4.57. The largest absolute Gasteiger partial charge is 0.466 e. The van der Waals surface area contributed by atoms with E-state index in [1.807, 2.05) is 6.92 Å². The Labute approximate surface area is 115 Å². The van der Waals surface area contributed by atoms with Crippen LogP contribution in [0.4, 0.5) is 0 Å². The summed E-state index contributed by atoms with van der Waals surface area (Å²) in [6.07, 6.45) is 4.45. The average molecular weight is 270 g/mol. The Bertz CT molecular complexity index is 297. The Balaban J connectivity index is 2.18. The molecule has 2 fully saturated rings. The fourth-order valence-electron chi connectivity index (χ4n) is 3.66. The monoisotopic (exact) mass is 270 g/mol. The molecule has 0 bridgehead atoms. The molecule has 1 aliphatic heterocycles. The Morgan fingerprint density at radius 1 is 1.37 bits per heavy atom. The van der Waals surface area contributed by atoms with Crippen LogP contribution >= 0.6 is 0 Å². The van der Waals surface area contributed by atoms with Gasteiger partial charge in [0.1, 0.15) is 0 Å². The Morgan fingerprint density at radius 3 is 2.53 bits per heavy atom. The van der Waals surface area contributed by atoms with E-state index in [1.54, 1.807) is 0 Å². The maximum Gasteiger partial charge on any atom is 0.312 e. The molecule has 1 heterocycles. The Kier molecular flexibility index (Phi) is 5.19. The van der Waals surface area contributed by atoms with E-state index in [4.69, 9.17) is 15.2 Å². The molecule has 1 atom stereocenters. The van der Waals surface area contributed by atoms with E-state index in [0.29, 0.717) is 13.2 Å². The number of nitrogens with zero attached hydrogens (tertiary/aromatic N) is 1. The van der Waals surface area contributed by atoms with Gasteiger partial charge in [-0.3, -0.25) is 9.69 Å². The summed E-state index contributed by atoms with van der Waals surface area (Å²) in [7, 11) is 0. The summed E-state index contributed by atoms with van der Waals surface area (Å²) >= 11 is 0. The maximum atomic E-state index is 12.2. The smallest absolute Gasteiger partial charge is 0.312 e. The molecule has 2 N–H and O–H groups in total. The van der Waals surface area contributed by atoms with E-state index in [1.165, 1.54) is 12.8 Å². The van der Waals surface area contributed by atoms with Gasteiger partial charge in [-0.2, -0.15) is 0 Å². The van der Waals surface area contributed by atoms with Gasteiger partial charge in [-0.25, -0.2) is 0 Å². The van der Waals surface area contributed by atoms with Crippen LogP contribution in [0.5, 0.6) is 0 Å². The van der Waals surface area contributed by atoms with Crippen molar-refractivity contribution in [3.05, 3.63) is 0 Å². The van der Waals surface area contributed by atoms with E-state index in [-0.39, 0.29) is 17.4 Å². The summed E-state index contributed by atoms with van der Waals surface area (Å²) in [5.41, 5.74) is 5.82. The summed E-state index contributed by atoms with van der Waals surface area (Å²) in [5.74, 6) is -0.327. The minimum absolute atomic E-state index is 0.0925. The highest BCUT2D eigenvalue weighted by molar-refractivity contribution is 5.74. The minimum Gasteiger partial charge on any atom is -0.466 e. The van der Waals surface area contributed by atoms with Crippen molar-refractivity contribution < 1.29 is 14.3 Å². The van der Waals surface area contributed by atoms with E-state index >= 15 is 0 Å². The molecule has 5 heteroatoms. The van der Waals surface area contributed by atoms with Crippen molar-refractivity contribution in [3.8, 4) is 0 Å². The van der Waals surface area contributed by atoms with Gasteiger partial charge in [-0.1, -0.05) is 12.8 Å². The van der Waals surface area contributed by atoms with Gasteiger partial charge in [-0.15, -0.1) is 0 Å². The highest BCUT2D eigenvalue weighted by Gasteiger charge is 2.49. The fourth-order valence-corrected chi connectivity index (χ4v) is 3.66. The molecular weight excluding hydrogens is 244 g/mol. The van der Waals surface area contributed by atoms with Crippen LogP contribution in [-0.4, -0.2) is 55.9 Å². The molecule has 1 unspecified atom stereocenters. The number of carbonyl (C=O) groups excluding carboxylic acids is 1. The van der Waals surface area contributed by atoms with Crippen molar-refractivity contribution in [2.24, 2.45) is 11.7 Å². The predicted molar refractivity (Wildman–Crippen MR) is 72.8 cm³/mol. The first-order valence-electron chi connectivity index (χ1n) is 7.44. The molecule has 1 saturated heterocycles. The zero-order valence-electron chi connectivity index (χ0n) is 11.9. The lowest BCUT2D eigenvalue weighted by molar-refractivity contribution is -0.155. The molecule has 2 rings (SSSR count). The van der Waals surface area contributed by atoms with Gasteiger partial charge in [0.05, 0.1) is 25.7 Å². The molecule has 0 spiro atoms. The van der Waals surface area contributed by atoms with Gasteiger partial charge >= 0.3 is 5.97 Å². The third-order valence-corrected chi connectivity index (χ3v) is 4.57. The van der Waals surface area contributed by atoms with Crippen LogP contribution in [-0.2, 0) is 14.3 Å². The second kappa shape index (κ2) is 6.68. The van der Waals surface area contributed by atoms with Gasteiger partial charge in [0, 0.05) is 25.2 Å². The van der Waals surface area contributed by atoms with Crippen LogP contribution < -0.4 is 5.73 Å². The topological polar surface area (TPSA) is 64.8 Å². The molecule has 0 aromatic rings. The second-order valence-corrected chi connectivity index (χ2v) is 5.45. The minimum atomic E-state index is -0.201. The standard InChI is InChI=1S/C14H26N2O3/c1-2-19-13(17)12(11-15)14(5-3-4-6-14)16-7-9-18-10-8-16/h12H,2-11,15H2,1H3. The van der Waals surface area contributed by atoms with E-state index in [9.17, 15) is 4.79 Å². The van der Waals surface area contributed by atoms with Crippen molar-refractivity contribution in [3.63, 3.8) is 0 Å². The summed E-state index contributed by atoms with van der Waals surface area (Å²) in [6, 6.07) is 0. The molecule has 1 saturated carbocycles. The molecular formula is C14H26N2O3. The molecule has 0 radical (unpaired) electrons. The lowest BCUT2D eigenvalue weighted by Crippen LogP contribution is -2.59. The summed E-state index contributed by atoms with van der Waals surface area (Å²) in [4.78, 5) is 14.7. The molecule has 19 heavy (non-hydrogen) atoms. The SMILES string of the molecule is CCOC(=O)C(CN)C1(N2CCOCC2)CCCC1. The van der Waals surface area contributed by atoms with Gasteiger partial charge in [-0.05, 0) is 19.8 Å². The number of rotatable bonds is 5. The number of hydrogen-bond donors (Lipinski definition) is 1. The molecule has 5 nitrogen and oxygen atoms in total. The zero-order chi connectivity index (χ0) is 13.7. The summed E-state index contributed by atoms with van der Waals surface area (Å²) < 4.78 is 10.7. The van der Waals surface area contributed by atoms with Crippen LogP contribution in [0.2, 0.25) is 0 Å². The lowest BCUT2D eigenvalue weighted by Gasteiger charge is -2.47. The summed E-state index contributed by atoms with van der Waals surface area (Å²) in [5, 5.41) is 0. The summed E-state index contributed by atoms with van der Waals surface area (Å²) in [6.45, 7) is 5.95. The lowest BCUT2D eigenvalue weighted by atomic mass is 9.80. The first-order chi connectivity index (χ1) is 9.24. The maximum absolute atomic E-state index is 12.2. The second-order valence-electron chi connectivity index (χ2n) is 5.45. The number of carbonyl (C=O) groups is 1. The first kappa shape index (κ1) is 14.8. The zero-order valence-corrected chi connectivity index (χ0v) is 11.9. The van der Waals surface area contributed by atoms with Crippen LogP contribution in [0.1, 0.15) is 32.6 Å². The van der Waals surface area contributed by atoms with Crippen LogP contribution in [0.15, 0.2) is 0 Å². The number of nitrogens with two attached hydrogens (primary N) is 1. The van der Waals surface area contributed by atoms with Gasteiger partial charge < -0.3 is 15.2 Å². The highest BCUT2D eigenvalue weighted by atomic mass is 16.5. The van der Waals surface area contributed by atoms with Crippen molar-refractivity contribution in [1.82, 2.24) is 4.90 Å². The van der Waals surface area contributed by atoms with E-state index in [2.05, 4.69) is 4.90 Å². The molecule has 0 amide bonds. The number of ether oxygens (including phenoxy) is 2. The Morgan fingerprint density at radius 2 is 2.00 bits per heavy atom. The number of morpholine rings is 1. The van der Waals surface area contributed by atoms with Crippen molar-refractivity contribution >= 4 is 5.97 Å². The molecule has 110 valence electrons. The van der Waals surface area contributed by atoms with Crippen molar-refractivity contribution in [1.29, 1.82) is 0 Å². The quantitative estimate of drug-likeness (QED) is 0.748. The van der Waals surface area contributed by atoms with Gasteiger partial charge in [0.25, 0.3) is 0 Å². The van der Waals surface area contributed by atoms with Gasteiger partial charge in [0.15, 0.2) is 0 Å². The fraction of sp³-hybridized carbons (Fsp3) is 0.929. The van der Waals surface area contributed by atoms with Crippen molar-refractivity contribution in [2.75, 3.05) is 39.5 Å². The number of hydrogen-bond acceptors (Lipinski definition) is 5. The molecule has 2 aliphatic rings. The molecule has 0 aromatic heterocycles. The molecule has 1 aliphatic carbocycles. The predicted octanol–water partition coefficient (Wildman–Crippen LogP) is 0.769. The Hall–Kier alpha value is -0.650. The van der Waals surface area contributed by atoms with Gasteiger partial charge in [0.2, 0.25) is 0 Å². The van der Waals surface area contributed by atoms with E-state index < -0.39 is 0 Å². The number of esters is 1. The van der Waals surface area contributed by atoms with Crippen LogP contribution in [0, 0.1) is 5.92 Å². The first-order valence-corrected chi connectivity index (χ1v) is 7.44. The normalized spacial score (nSPS) is 25.2. The van der Waals surface area contributed by atoms with Crippen LogP contribution in [0.25, 0.3) is 0 Å². The highest BCUT2D eigenvalue weighted by Crippen LogP contribution is 2.41. The molecule has 0 aromatic carbocycles. The van der Waals surface area contributed by atoms with Crippen molar-refractivity contribution in [2.45, 2.75) is 38.1 Å². The average Bonchev–Trinajstić information content (AvgIpc) is 2.91. The van der Waals surface area contributed by atoms with Crippen LogP contribution in [0.3, 0.4) is 0 Å². The van der Waals surface area contributed by atoms with E-state index in [0.717, 1.165) is 39.1 Å².